The number of aliphatic carboxylic acids is 1. The first-order valence-electron chi connectivity index (χ1n) is 8.75. The Morgan fingerprint density at radius 3 is 2.12 bits per heavy atom. The van der Waals surface area contributed by atoms with E-state index in [1.807, 2.05) is 6.92 Å². The molecule has 2 rings (SSSR count). The molecule has 25 heavy (non-hydrogen) atoms. The molecule has 0 aromatic carbocycles. The topological polar surface area (TPSA) is 99.1 Å². The van der Waals surface area contributed by atoms with Gasteiger partial charge in [0.25, 0.3) is 0 Å². The molecule has 4 atom stereocenters. The van der Waals surface area contributed by atoms with Crippen LogP contribution in [0, 0.1) is 16.2 Å². The van der Waals surface area contributed by atoms with Gasteiger partial charge in [-0.3, -0.25) is 14.4 Å². The molecular formula is C18H28O7. The molecule has 0 spiro atoms. The van der Waals surface area contributed by atoms with Gasteiger partial charge in [-0.15, -0.1) is 0 Å². The number of fused-ring (bicyclic) bond motifs is 2. The summed E-state index contributed by atoms with van der Waals surface area (Å²) >= 11 is 0. The summed E-state index contributed by atoms with van der Waals surface area (Å²) in [4.78, 5) is 36.4. The summed E-state index contributed by atoms with van der Waals surface area (Å²) in [5.41, 5.74) is -3.17. The molecule has 7 nitrogen and oxygen atoms in total. The van der Waals surface area contributed by atoms with Gasteiger partial charge >= 0.3 is 17.9 Å². The van der Waals surface area contributed by atoms with Crippen molar-refractivity contribution in [3.8, 4) is 0 Å². The molecule has 2 fully saturated rings. The number of esters is 2. The molecule has 0 aliphatic carbocycles. The number of carboxylic acid groups (broad SMARTS) is 1. The number of hydrogen-bond donors (Lipinski definition) is 1. The molecule has 0 amide bonds. The molecule has 2 aliphatic rings. The van der Waals surface area contributed by atoms with Gasteiger partial charge in [-0.1, -0.05) is 6.92 Å². The van der Waals surface area contributed by atoms with Gasteiger partial charge in [0.1, 0.15) is 24.0 Å². The van der Waals surface area contributed by atoms with Gasteiger partial charge in [-0.2, -0.15) is 0 Å². The molecule has 2 aliphatic heterocycles. The second kappa shape index (κ2) is 6.59. The van der Waals surface area contributed by atoms with Crippen LogP contribution in [0.2, 0.25) is 0 Å². The van der Waals surface area contributed by atoms with Gasteiger partial charge in [-0.05, 0) is 47.0 Å². The highest BCUT2D eigenvalue weighted by atomic mass is 16.6. The molecule has 0 radical (unpaired) electrons. The summed E-state index contributed by atoms with van der Waals surface area (Å²) in [5.74, 6) is -2.03. The van der Waals surface area contributed by atoms with Crippen LogP contribution in [0.15, 0.2) is 0 Å². The van der Waals surface area contributed by atoms with Crippen LogP contribution < -0.4 is 0 Å². The molecule has 1 N–H and O–H groups in total. The van der Waals surface area contributed by atoms with Crippen molar-refractivity contribution in [2.45, 2.75) is 66.1 Å². The standard InChI is InChI=1S/C18H28O7/c1-6-16(2,3)14(21)23-9-10-24-15(22)18(5)12-8-7-11(25-12)17(18,4)13(19)20/h11-12H,6-10H2,1-5H3,(H,19,20). The fourth-order valence-corrected chi connectivity index (χ4v) is 3.62. The van der Waals surface area contributed by atoms with Crippen LogP contribution in [0.3, 0.4) is 0 Å². The normalized spacial score (nSPS) is 34.0. The first kappa shape index (κ1) is 19.7. The fraction of sp³-hybridized carbons (Fsp3) is 0.833. The van der Waals surface area contributed by atoms with E-state index in [0.29, 0.717) is 19.3 Å². The summed E-state index contributed by atoms with van der Waals surface area (Å²) in [5, 5.41) is 9.68. The highest BCUT2D eigenvalue weighted by Gasteiger charge is 2.72. The lowest BCUT2D eigenvalue weighted by Gasteiger charge is -2.41. The number of carbonyl (C=O) groups excluding carboxylic acids is 2. The van der Waals surface area contributed by atoms with Crippen LogP contribution in [-0.4, -0.2) is 48.4 Å². The van der Waals surface area contributed by atoms with E-state index in [1.165, 1.54) is 0 Å². The molecule has 7 heteroatoms. The molecule has 0 aromatic rings. The predicted molar refractivity (Wildman–Crippen MR) is 87.7 cm³/mol. The smallest absolute Gasteiger partial charge is 0.315 e. The number of carboxylic acids is 1. The van der Waals surface area contributed by atoms with Gasteiger partial charge in [0, 0.05) is 0 Å². The third kappa shape index (κ3) is 2.92. The highest BCUT2D eigenvalue weighted by molar-refractivity contribution is 5.89. The molecule has 2 heterocycles. The largest absolute Gasteiger partial charge is 0.481 e. The Balaban J connectivity index is 1.96. The van der Waals surface area contributed by atoms with Crippen molar-refractivity contribution in [2.24, 2.45) is 16.2 Å². The number of hydrogen-bond acceptors (Lipinski definition) is 6. The van der Waals surface area contributed by atoms with Gasteiger partial charge in [-0.25, -0.2) is 0 Å². The summed E-state index contributed by atoms with van der Waals surface area (Å²) < 4.78 is 16.1. The zero-order valence-corrected chi connectivity index (χ0v) is 15.6. The first-order valence-corrected chi connectivity index (χ1v) is 8.75. The van der Waals surface area contributed by atoms with Gasteiger partial charge in [0.15, 0.2) is 0 Å². The van der Waals surface area contributed by atoms with Crippen LogP contribution >= 0.6 is 0 Å². The van der Waals surface area contributed by atoms with Crippen LogP contribution in [0.5, 0.6) is 0 Å². The van der Waals surface area contributed by atoms with E-state index in [2.05, 4.69) is 0 Å². The minimum atomic E-state index is -1.33. The Morgan fingerprint density at radius 2 is 1.60 bits per heavy atom. The van der Waals surface area contributed by atoms with E-state index in [1.54, 1.807) is 27.7 Å². The molecule has 4 unspecified atom stereocenters. The van der Waals surface area contributed by atoms with Crippen LogP contribution in [0.25, 0.3) is 0 Å². The van der Waals surface area contributed by atoms with E-state index >= 15 is 0 Å². The Kier molecular flexibility index (Phi) is 5.19. The van der Waals surface area contributed by atoms with E-state index in [0.717, 1.165) is 0 Å². The molecule has 142 valence electrons. The van der Waals surface area contributed by atoms with Gasteiger partial charge in [0.2, 0.25) is 0 Å². The van der Waals surface area contributed by atoms with Gasteiger partial charge < -0.3 is 19.3 Å². The Labute approximate surface area is 148 Å². The van der Waals surface area contributed by atoms with Crippen LogP contribution in [0.1, 0.15) is 53.9 Å². The first-order chi connectivity index (χ1) is 11.5. The van der Waals surface area contributed by atoms with Crippen molar-refractivity contribution in [3.63, 3.8) is 0 Å². The zero-order chi connectivity index (χ0) is 19.0. The third-order valence-corrected chi connectivity index (χ3v) is 6.24. The van der Waals surface area contributed by atoms with Crippen molar-refractivity contribution in [1.29, 1.82) is 0 Å². The SMILES string of the molecule is CCC(C)(C)C(=O)OCCOC(=O)C1(C)C2CCC(O2)C1(C)C(=O)O. The monoisotopic (exact) mass is 356 g/mol. The maximum atomic E-state index is 12.7. The Bertz CT molecular complexity index is 570. The van der Waals surface area contributed by atoms with E-state index in [9.17, 15) is 19.5 Å². The van der Waals surface area contributed by atoms with Crippen LogP contribution in [0.4, 0.5) is 0 Å². The van der Waals surface area contributed by atoms with Gasteiger partial charge in [0.05, 0.1) is 17.6 Å². The predicted octanol–water partition coefficient (Wildman–Crippen LogP) is 2.17. The number of rotatable bonds is 7. The second-order valence-electron chi connectivity index (χ2n) is 7.91. The third-order valence-electron chi connectivity index (χ3n) is 6.24. The molecule has 2 saturated heterocycles. The average molecular weight is 356 g/mol. The molecule has 2 bridgehead atoms. The number of carbonyl (C=O) groups is 3. The second-order valence-corrected chi connectivity index (χ2v) is 7.91. The minimum Gasteiger partial charge on any atom is -0.481 e. The Hall–Kier alpha value is -1.63. The fourth-order valence-electron chi connectivity index (χ4n) is 3.62. The summed E-state index contributed by atoms with van der Waals surface area (Å²) in [7, 11) is 0. The quantitative estimate of drug-likeness (QED) is 0.551. The Morgan fingerprint density at radius 1 is 1.08 bits per heavy atom. The maximum absolute atomic E-state index is 12.7. The van der Waals surface area contributed by atoms with E-state index < -0.39 is 40.4 Å². The number of ether oxygens (including phenoxy) is 3. The summed E-state index contributed by atoms with van der Waals surface area (Å²) in [6.45, 7) is 8.45. The molecular weight excluding hydrogens is 328 g/mol. The zero-order valence-electron chi connectivity index (χ0n) is 15.6. The maximum Gasteiger partial charge on any atom is 0.315 e. The lowest BCUT2D eigenvalue weighted by molar-refractivity contribution is -0.178. The highest BCUT2D eigenvalue weighted by Crippen LogP contribution is 2.60. The van der Waals surface area contributed by atoms with Crippen molar-refractivity contribution in [2.75, 3.05) is 13.2 Å². The molecule has 0 saturated carbocycles. The lowest BCUT2D eigenvalue weighted by Crippen LogP contribution is -2.56. The molecule has 0 aromatic heterocycles. The summed E-state index contributed by atoms with van der Waals surface area (Å²) in [6, 6.07) is 0. The van der Waals surface area contributed by atoms with Crippen LogP contribution in [-0.2, 0) is 28.6 Å². The van der Waals surface area contributed by atoms with Crippen molar-refractivity contribution in [1.82, 2.24) is 0 Å². The minimum absolute atomic E-state index is 0.0528. The van der Waals surface area contributed by atoms with Crippen molar-refractivity contribution < 1.29 is 33.7 Å². The van der Waals surface area contributed by atoms with E-state index in [4.69, 9.17) is 14.2 Å². The lowest BCUT2D eigenvalue weighted by atomic mass is 9.57. The average Bonchev–Trinajstić information content (AvgIpc) is 3.13. The van der Waals surface area contributed by atoms with Crippen molar-refractivity contribution in [3.05, 3.63) is 0 Å². The summed E-state index contributed by atoms with van der Waals surface area (Å²) in [6.07, 6.45) is 0.948. The van der Waals surface area contributed by atoms with E-state index in [-0.39, 0.29) is 19.2 Å². The van der Waals surface area contributed by atoms with Crippen molar-refractivity contribution >= 4 is 17.9 Å².